The highest BCUT2D eigenvalue weighted by atomic mass is 32.2. The lowest BCUT2D eigenvalue weighted by atomic mass is 10.00. The molecular formula is C20H15FN4O2S. The second-order valence-electron chi connectivity index (χ2n) is 6.56. The molecule has 0 aliphatic carbocycles. The van der Waals surface area contributed by atoms with Gasteiger partial charge in [-0.25, -0.2) is 14.1 Å². The number of rotatable bonds is 2. The Kier molecular flexibility index (Phi) is 3.94. The fourth-order valence-corrected chi connectivity index (χ4v) is 4.52. The van der Waals surface area contributed by atoms with Gasteiger partial charge in [-0.05, 0) is 31.2 Å². The number of nitrogens with one attached hydrogen (secondary N) is 1. The van der Waals surface area contributed by atoms with Gasteiger partial charge >= 0.3 is 0 Å². The lowest BCUT2D eigenvalue weighted by molar-refractivity contribution is -0.118. The van der Waals surface area contributed by atoms with Gasteiger partial charge in [0, 0.05) is 11.1 Å². The van der Waals surface area contributed by atoms with Gasteiger partial charge in [-0.1, -0.05) is 30.0 Å². The van der Waals surface area contributed by atoms with E-state index in [2.05, 4.69) is 10.3 Å². The summed E-state index contributed by atoms with van der Waals surface area (Å²) in [7, 11) is 0. The fourth-order valence-electron chi connectivity index (χ4n) is 3.29. The van der Waals surface area contributed by atoms with Crippen molar-refractivity contribution in [2.75, 3.05) is 11.9 Å². The van der Waals surface area contributed by atoms with E-state index in [1.165, 1.54) is 17.8 Å². The molecule has 0 fully saturated rings. The molecule has 2 aliphatic rings. The van der Waals surface area contributed by atoms with E-state index in [9.17, 15) is 9.18 Å². The van der Waals surface area contributed by atoms with Gasteiger partial charge in [0.2, 0.25) is 0 Å². The molecule has 6 nitrogen and oxygen atoms in total. The normalized spacial score (nSPS) is 17.9. The topological polar surface area (TPSA) is 68.5 Å². The minimum atomic E-state index is -0.367. The fraction of sp³-hybridized carbons (Fsp3) is 0.150. The summed E-state index contributed by atoms with van der Waals surface area (Å²) in [6.45, 7) is 1.89. The number of hydrogen-bond acceptors (Lipinski definition) is 5. The summed E-state index contributed by atoms with van der Waals surface area (Å²) >= 11 is 1.45. The Hall–Kier alpha value is -3.13. The van der Waals surface area contributed by atoms with E-state index in [1.54, 1.807) is 22.9 Å². The molecule has 1 atom stereocenters. The summed E-state index contributed by atoms with van der Waals surface area (Å²) in [5, 5.41) is 7.89. The number of imidazole rings is 1. The zero-order valence-corrected chi connectivity index (χ0v) is 15.7. The molecular weight excluding hydrogens is 379 g/mol. The van der Waals surface area contributed by atoms with Crippen LogP contribution in [0.25, 0.3) is 0 Å². The van der Waals surface area contributed by atoms with E-state index < -0.39 is 0 Å². The molecule has 0 spiro atoms. The van der Waals surface area contributed by atoms with Crippen LogP contribution in [0.1, 0.15) is 22.1 Å². The number of aryl methyl sites for hydroxylation is 1. The number of carbonyl (C=O) groups excluding carboxylic acids is 1. The van der Waals surface area contributed by atoms with Crippen LogP contribution in [-0.4, -0.2) is 27.9 Å². The SMILES string of the molecule is Cc1cn2c(n1)SC(c1ccccc1F)C(c1ccc3c(c1)NC(=O)CO3)=N2. The summed E-state index contributed by atoms with van der Waals surface area (Å²) in [6.07, 6.45) is 1.84. The molecule has 3 aromatic rings. The zero-order valence-electron chi connectivity index (χ0n) is 14.8. The van der Waals surface area contributed by atoms with Crippen LogP contribution >= 0.6 is 11.8 Å². The smallest absolute Gasteiger partial charge is 0.262 e. The average molecular weight is 394 g/mol. The third kappa shape index (κ3) is 2.86. The van der Waals surface area contributed by atoms with Gasteiger partial charge in [-0.2, -0.15) is 5.10 Å². The van der Waals surface area contributed by atoms with Crippen molar-refractivity contribution < 1.29 is 13.9 Å². The Balaban J connectivity index is 1.65. The van der Waals surface area contributed by atoms with E-state index in [0.29, 0.717) is 27.9 Å². The van der Waals surface area contributed by atoms with Crippen molar-refractivity contribution in [1.82, 2.24) is 9.66 Å². The average Bonchev–Trinajstić information content (AvgIpc) is 3.06. The second-order valence-corrected chi connectivity index (χ2v) is 7.63. The predicted molar refractivity (Wildman–Crippen MR) is 104 cm³/mol. The molecule has 2 aliphatic heterocycles. The number of benzene rings is 2. The first-order valence-electron chi connectivity index (χ1n) is 8.71. The molecule has 2 aromatic carbocycles. The highest BCUT2D eigenvalue weighted by Crippen LogP contribution is 2.42. The lowest BCUT2D eigenvalue weighted by Crippen LogP contribution is -2.26. The van der Waals surface area contributed by atoms with E-state index in [1.807, 2.05) is 31.3 Å². The zero-order chi connectivity index (χ0) is 19.3. The predicted octanol–water partition coefficient (Wildman–Crippen LogP) is 3.76. The number of fused-ring (bicyclic) bond motifs is 2. The number of anilines is 1. The van der Waals surface area contributed by atoms with E-state index >= 15 is 0 Å². The van der Waals surface area contributed by atoms with Crippen molar-refractivity contribution in [3.8, 4) is 5.75 Å². The number of hydrogen-bond donors (Lipinski definition) is 1. The van der Waals surface area contributed by atoms with Crippen LogP contribution in [0.3, 0.4) is 0 Å². The quantitative estimate of drug-likeness (QED) is 0.719. The molecule has 0 bridgehead atoms. The maximum Gasteiger partial charge on any atom is 0.262 e. The molecule has 140 valence electrons. The molecule has 5 rings (SSSR count). The van der Waals surface area contributed by atoms with Crippen molar-refractivity contribution in [2.24, 2.45) is 5.10 Å². The monoisotopic (exact) mass is 394 g/mol. The Bertz CT molecular complexity index is 1140. The Morgan fingerprint density at radius 1 is 1.29 bits per heavy atom. The van der Waals surface area contributed by atoms with Gasteiger partial charge in [0.25, 0.3) is 5.91 Å². The summed E-state index contributed by atoms with van der Waals surface area (Å²) in [5.41, 5.74) is 3.42. The van der Waals surface area contributed by atoms with Gasteiger partial charge in [0.05, 0.1) is 28.5 Å². The first-order valence-corrected chi connectivity index (χ1v) is 9.59. The van der Waals surface area contributed by atoms with Crippen LogP contribution in [0.5, 0.6) is 5.75 Å². The Morgan fingerprint density at radius 2 is 2.14 bits per heavy atom. The van der Waals surface area contributed by atoms with Crippen LogP contribution in [0.2, 0.25) is 0 Å². The van der Waals surface area contributed by atoms with Crippen molar-refractivity contribution >= 4 is 29.1 Å². The number of nitrogens with zero attached hydrogens (tertiary/aromatic N) is 3. The van der Waals surface area contributed by atoms with Crippen LogP contribution in [0, 0.1) is 12.7 Å². The number of ether oxygens (including phenoxy) is 1. The Labute approximate surface area is 164 Å². The molecule has 8 heteroatoms. The second kappa shape index (κ2) is 6.49. The van der Waals surface area contributed by atoms with Crippen LogP contribution < -0.4 is 10.1 Å². The van der Waals surface area contributed by atoms with Crippen molar-refractivity contribution in [3.63, 3.8) is 0 Å². The van der Waals surface area contributed by atoms with Crippen LogP contribution in [0.15, 0.2) is 58.9 Å². The molecule has 0 saturated heterocycles. The van der Waals surface area contributed by atoms with Gasteiger partial charge in [0.15, 0.2) is 11.8 Å². The minimum absolute atomic E-state index is 0.00132. The summed E-state index contributed by atoms with van der Waals surface area (Å²) in [5.74, 6) is 0.107. The van der Waals surface area contributed by atoms with Gasteiger partial charge in [-0.3, -0.25) is 4.79 Å². The first kappa shape index (κ1) is 17.0. The summed E-state index contributed by atoms with van der Waals surface area (Å²) < 4.78 is 21.7. The molecule has 0 saturated carbocycles. The highest BCUT2D eigenvalue weighted by molar-refractivity contribution is 8.00. The molecule has 0 radical (unpaired) electrons. The third-order valence-corrected chi connectivity index (χ3v) is 5.76. The number of thioether (sulfide) groups is 1. The van der Waals surface area contributed by atoms with E-state index in [4.69, 9.17) is 9.84 Å². The van der Waals surface area contributed by atoms with Gasteiger partial charge in [0.1, 0.15) is 11.6 Å². The van der Waals surface area contributed by atoms with Crippen LogP contribution in [0.4, 0.5) is 10.1 Å². The summed E-state index contributed by atoms with van der Waals surface area (Å²) in [4.78, 5) is 16.2. The minimum Gasteiger partial charge on any atom is -0.482 e. The van der Waals surface area contributed by atoms with Gasteiger partial charge in [-0.15, -0.1) is 0 Å². The maximum absolute atomic E-state index is 14.6. The summed E-state index contributed by atoms with van der Waals surface area (Å²) in [6, 6.07) is 12.2. The number of halogens is 1. The van der Waals surface area contributed by atoms with Crippen molar-refractivity contribution in [3.05, 3.63) is 71.3 Å². The lowest BCUT2D eigenvalue weighted by Gasteiger charge is -2.25. The standard InChI is InChI=1S/C20H15FN4O2S/c1-11-9-25-20(22-11)28-19(13-4-2-3-5-14(13)21)18(24-25)12-6-7-16-15(8-12)23-17(26)10-27-16/h2-9,19H,10H2,1H3,(H,23,26). The number of amides is 1. The highest BCUT2D eigenvalue weighted by Gasteiger charge is 2.31. The first-order chi connectivity index (χ1) is 13.6. The molecule has 1 aromatic heterocycles. The maximum atomic E-state index is 14.6. The molecule has 1 unspecified atom stereocenters. The van der Waals surface area contributed by atoms with E-state index in [-0.39, 0.29) is 23.6 Å². The van der Waals surface area contributed by atoms with Gasteiger partial charge < -0.3 is 10.1 Å². The van der Waals surface area contributed by atoms with Crippen LogP contribution in [-0.2, 0) is 4.79 Å². The molecule has 3 heterocycles. The Morgan fingerprint density at radius 3 is 3.00 bits per heavy atom. The third-order valence-electron chi connectivity index (χ3n) is 4.56. The molecule has 1 amide bonds. The number of carbonyl (C=O) groups is 1. The number of aromatic nitrogens is 2. The van der Waals surface area contributed by atoms with Crippen molar-refractivity contribution in [2.45, 2.75) is 17.3 Å². The molecule has 1 N–H and O–H groups in total. The van der Waals surface area contributed by atoms with E-state index in [0.717, 1.165) is 11.3 Å². The largest absolute Gasteiger partial charge is 0.482 e. The molecule has 28 heavy (non-hydrogen) atoms. The van der Waals surface area contributed by atoms with Crippen molar-refractivity contribution in [1.29, 1.82) is 0 Å².